The predicted octanol–water partition coefficient (Wildman–Crippen LogP) is 2.51. The van der Waals surface area contributed by atoms with Gasteiger partial charge in [-0.05, 0) is 12.1 Å². The van der Waals surface area contributed by atoms with E-state index in [1.54, 1.807) is 25.1 Å². The molecule has 0 aliphatic carbocycles. The quantitative estimate of drug-likeness (QED) is 0.830. The van der Waals surface area contributed by atoms with Crippen molar-refractivity contribution in [2.75, 3.05) is 5.75 Å². The fourth-order valence-corrected chi connectivity index (χ4v) is 2.25. The van der Waals surface area contributed by atoms with Gasteiger partial charge in [-0.1, -0.05) is 19.1 Å². The molecule has 0 aliphatic heterocycles. The first kappa shape index (κ1) is 11.1. The van der Waals surface area contributed by atoms with Crippen molar-refractivity contribution in [3.63, 3.8) is 0 Å². The third kappa shape index (κ3) is 2.09. The molecule has 2 rings (SSSR count). The third-order valence-electron chi connectivity index (χ3n) is 2.35. The summed E-state index contributed by atoms with van der Waals surface area (Å²) in [6.07, 6.45) is 0. The van der Waals surface area contributed by atoms with Gasteiger partial charge < -0.3 is 4.42 Å². The van der Waals surface area contributed by atoms with E-state index in [1.807, 2.05) is 0 Å². The maximum atomic E-state index is 13.3. The zero-order valence-electron chi connectivity index (χ0n) is 8.73. The number of sulfone groups is 1. The molecule has 0 saturated carbocycles. The second-order valence-corrected chi connectivity index (χ2v) is 5.90. The zero-order valence-corrected chi connectivity index (χ0v) is 9.55. The Hall–Kier alpha value is -1.36. The number of halogens is 1. The Labute approximate surface area is 92.8 Å². The summed E-state index contributed by atoms with van der Waals surface area (Å²) in [6, 6.07) is 6.09. The largest absolute Gasteiger partial charge is 0.457 e. The minimum absolute atomic E-state index is 0.0481. The summed E-state index contributed by atoms with van der Waals surface area (Å²) in [5.41, 5.74) is 0.115. The van der Waals surface area contributed by atoms with Crippen molar-refractivity contribution in [2.45, 2.75) is 12.7 Å². The molecule has 0 bridgehead atoms. The first-order valence-electron chi connectivity index (χ1n) is 4.89. The molecule has 5 heteroatoms. The van der Waals surface area contributed by atoms with Gasteiger partial charge in [0.15, 0.2) is 21.2 Å². The van der Waals surface area contributed by atoms with E-state index in [0.717, 1.165) is 0 Å². The van der Waals surface area contributed by atoms with Crippen LogP contribution in [-0.4, -0.2) is 14.2 Å². The van der Waals surface area contributed by atoms with E-state index >= 15 is 0 Å². The lowest BCUT2D eigenvalue weighted by Crippen LogP contribution is -2.05. The Morgan fingerprint density at radius 1 is 1.38 bits per heavy atom. The predicted molar refractivity (Wildman–Crippen MR) is 59.3 cm³/mol. The van der Waals surface area contributed by atoms with Gasteiger partial charge in [0.05, 0.1) is 0 Å². The van der Waals surface area contributed by atoms with Gasteiger partial charge in [-0.2, -0.15) is 0 Å². The lowest BCUT2D eigenvalue weighted by Gasteiger charge is -1.96. The molecule has 1 aromatic carbocycles. The second-order valence-electron chi connectivity index (χ2n) is 3.55. The minimum atomic E-state index is -3.15. The topological polar surface area (TPSA) is 47.3 Å². The Balaban J connectivity index is 2.45. The molecule has 0 saturated heterocycles. The van der Waals surface area contributed by atoms with Crippen molar-refractivity contribution in [1.29, 1.82) is 0 Å². The molecule has 0 N–H and O–H groups in total. The number of benzene rings is 1. The normalized spacial score (nSPS) is 12.1. The Morgan fingerprint density at radius 2 is 2.12 bits per heavy atom. The van der Waals surface area contributed by atoms with Crippen LogP contribution in [0.3, 0.4) is 0 Å². The lowest BCUT2D eigenvalue weighted by molar-refractivity contribution is 0.527. The Morgan fingerprint density at radius 3 is 2.75 bits per heavy atom. The summed E-state index contributed by atoms with van der Waals surface area (Å²) in [7, 11) is -3.15. The van der Waals surface area contributed by atoms with Gasteiger partial charge in [0.1, 0.15) is 11.5 Å². The molecule has 0 atom stereocenters. The molecule has 0 spiro atoms. The van der Waals surface area contributed by atoms with Crippen molar-refractivity contribution in [3.05, 3.63) is 35.8 Å². The van der Waals surface area contributed by atoms with Crippen molar-refractivity contribution in [3.8, 4) is 0 Å². The molecule has 16 heavy (non-hydrogen) atoms. The Bertz CT molecular complexity index is 613. The van der Waals surface area contributed by atoms with Crippen LogP contribution in [0.2, 0.25) is 0 Å². The van der Waals surface area contributed by atoms with Crippen LogP contribution in [0.4, 0.5) is 4.39 Å². The Kier molecular flexibility index (Phi) is 2.71. The molecule has 0 aliphatic rings. The molecule has 1 aromatic heterocycles. The summed E-state index contributed by atoms with van der Waals surface area (Å²) < 4.78 is 41.2. The SMILES string of the molecule is CCS(=O)(=O)Cc1cc2cccc(F)c2o1. The van der Waals surface area contributed by atoms with Gasteiger partial charge in [-0.3, -0.25) is 0 Å². The minimum Gasteiger partial charge on any atom is -0.457 e. The van der Waals surface area contributed by atoms with Gasteiger partial charge in [0.2, 0.25) is 0 Å². The van der Waals surface area contributed by atoms with E-state index in [0.29, 0.717) is 5.39 Å². The number of fused-ring (bicyclic) bond motifs is 1. The van der Waals surface area contributed by atoms with Crippen LogP contribution in [0.25, 0.3) is 11.0 Å². The highest BCUT2D eigenvalue weighted by Crippen LogP contribution is 2.23. The van der Waals surface area contributed by atoms with E-state index in [-0.39, 0.29) is 22.8 Å². The van der Waals surface area contributed by atoms with E-state index in [1.165, 1.54) is 6.07 Å². The average Bonchev–Trinajstić information content (AvgIpc) is 2.61. The van der Waals surface area contributed by atoms with Crippen LogP contribution in [0.5, 0.6) is 0 Å². The van der Waals surface area contributed by atoms with Gasteiger partial charge in [-0.15, -0.1) is 0 Å². The van der Waals surface area contributed by atoms with Gasteiger partial charge in [-0.25, -0.2) is 12.8 Å². The van der Waals surface area contributed by atoms with Crippen LogP contribution in [0, 0.1) is 5.82 Å². The molecule has 2 aromatic rings. The number of hydrogen-bond donors (Lipinski definition) is 0. The molecule has 1 heterocycles. The van der Waals surface area contributed by atoms with Crippen molar-refractivity contribution in [2.24, 2.45) is 0 Å². The second kappa shape index (κ2) is 3.90. The van der Waals surface area contributed by atoms with Gasteiger partial charge >= 0.3 is 0 Å². The number of hydrogen-bond acceptors (Lipinski definition) is 3. The van der Waals surface area contributed by atoms with Crippen molar-refractivity contribution < 1.29 is 17.2 Å². The molecule has 0 radical (unpaired) electrons. The van der Waals surface area contributed by atoms with Crippen molar-refractivity contribution in [1.82, 2.24) is 0 Å². The smallest absolute Gasteiger partial charge is 0.169 e. The summed E-state index contributed by atoms with van der Waals surface area (Å²) in [4.78, 5) is 0. The lowest BCUT2D eigenvalue weighted by atomic mass is 10.2. The summed E-state index contributed by atoms with van der Waals surface area (Å²) in [5.74, 6) is -0.330. The first-order valence-corrected chi connectivity index (χ1v) is 6.71. The van der Waals surface area contributed by atoms with Crippen molar-refractivity contribution >= 4 is 20.8 Å². The number of furan rings is 1. The van der Waals surface area contributed by atoms with E-state index < -0.39 is 15.7 Å². The molecule has 0 unspecified atom stereocenters. The average molecular weight is 242 g/mol. The van der Waals surface area contributed by atoms with Crippen LogP contribution >= 0.6 is 0 Å². The van der Waals surface area contributed by atoms with Crippen LogP contribution in [0.15, 0.2) is 28.7 Å². The van der Waals surface area contributed by atoms with E-state index in [9.17, 15) is 12.8 Å². The van der Waals surface area contributed by atoms with Crippen LogP contribution < -0.4 is 0 Å². The summed E-state index contributed by atoms with van der Waals surface area (Å²) >= 11 is 0. The highest BCUT2D eigenvalue weighted by Gasteiger charge is 2.14. The molecule has 86 valence electrons. The summed E-state index contributed by atoms with van der Waals surface area (Å²) in [6.45, 7) is 1.57. The van der Waals surface area contributed by atoms with Gasteiger partial charge in [0, 0.05) is 11.1 Å². The monoisotopic (exact) mass is 242 g/mol. The highest BCUT2D eigenvalue weighted by molar-refractivity contribution is 7.90. The fraction of sp³-hybridized carbons (Fsp3) is 0.273. The van der Waals surface area contributed by atoms with E-state index in [2.05, 4.69) is 0 Å². The molecule has 0 amide bonds. The van der Waals surface area contributed by atoms with E-state index in [4.69, 9.17) is 4.42 Å². The van der Waals surface area contributed by atoms with Crippen LogP contribution in [0.1, 0.15) is 12.7 Å². The van der Waals surface area contributed by atoms with Crippen LogP contribution in [-0.2, 0) is 15.6 Å². The molecule has 3 nitrogen and oxygen atoms in total. The van der Waals surface area contributed by atoms with Gasteiger partial charge in [0.25, 0.3) is 0 Å². The highest BCUT2D eigenvalue weighted by atomic mass is 32.2. The molecular formula is C11H11FO3S. The molecule has 0 fully saturated rings. The third-order valence-corrected chi connectivity index (χ3v) is 3.95. The summed E-state index contributed by atoms with van der Waals surface area (Å²) in [5, 5.41) is 0.585. The molecular weight excluding hydrogens is 231 g/mol. The standard InChI is InChI=1S/C11H11FO3S/c1-2-16(13,14)7-9-6-8-4-3-5-10(12)11(8)15-9/h3-6H,2,7H2,1H3. The maximum absolute atomic E-state index is 13.3. The first-order chi connectivity index (χ1) is 7.52. The maximum Gasteiger partial charge on any atom is 0.169 e. The fourth-order valence-electron chi connectivity index (χ4n) is 1.47. The number of para-hydroxylation sites is 1. The number of rotatable bonds is 3. The zero-order chi connectivity index (χ0) is 11.8.